The number of aromatic nitrogens is 2. The van der Waals surface area contributed by atoms with E-state index in [1.807, 2.05) is 18.5 Å². The summed E-state index contributed by atoms with van der Waals surface area (Å²) in [5, 5.41) is 4.32. The number of hydrogen-bond donors (Lipinski definition) is 1. The van der Waals surface area contributed by atoms with Gasteiger partial charge in [0.05, 0.1) is 5.52 Å². The molecule has 0 aliphatic heterocycles. The van der Waals surface area contributed by atoms with E-state index < -0.39 is 0 Å². The van der Waals surface area contributed by atoms with Gasteiger partial charge in [-0.15, -0.1) is 0 Å². The summed E-state index contributed by atoms with van der Waals surface area (Å²) in [6.07, 6.45) is 3.79. The molecule has 0 unspecified atom stereocenters. The van der Waals surface area contributed by atoms with E-state index >= 15 is 0 Å². The Kier molecular flexibility index (Phi) is 4.34. The summed E-state index contributed by atoms with van der Waals surface area (Å²) in [5.41, 5.74) is 6.72. The molecular weight excluding hydrogens is 306 g/mol. The Hall–Kier alpha value is -2.68. The average molecular weight is 331 g/mol. The van der Waals surface area contributed by atoms with Crippen LogP contribution in [-0.2, 0) is 0 Å². The van der Waals surface area contributed by atoms with Crippen LogP contribution in [0.3, 0.4) is 0 Å². The zero-order valence-corrected chi connectivity index (χ0v) is 15.6. The highest BCUT2D eigenvalue weighted by Gasteiger charge is 2.15. The molecule has 0 fully saturated rings. The summed E-state index contributed by atoms with van der Waals surface area (Å²) in [6, 6.07) is 10.6. The lowest BCUT2D eigenvalue weighted by Crippen LogP contribution is -2.16. The molecule has 0 aliphatic rings. The minimum atomic E-state index is -0.0166. The van der Waals surface area contributed by atoms with Gasteiger partial charge >= 0.3 is 0 Å². The van der Waals surface area contributed by atoms with Crippen molar-refractivity contribution >= 4 is 16.7 Å². The van der Waals surface area contributed by atoms with Crippen molar-refractivity contribution in [3.63, 3.8) is 0 Å². The van der Waals surface area contributed by atoms with Gasteiger partial charge in [0.2, 0.25) is 0 Å². The van der Waals surface area contributed by atoms with E-state index in [1.54, 1.807) is 0 Å². The SMILES string of the molecule is C=C(Nc1cc2ncc(-c3ccc(C)c(C)c3)cc2cn1)C(C)(C)C. The molecule has 3 aromatic rings. The molecule has 128 valence electrons. The smallest absolute Gasteiger partial charge is 0.132 e. The van der Waals surface area contributed by atoms with Crippen molar-refractivity contribution in [3.8, 4) is 11.1 Å². The van der Waals surface area contributed by atoms with Crippen molar-refractivity contribution in [2.75, 3.05) is 5.32 Å². The fourth-order valence-electron chi connectivity index (χ4n) is 2.51. The van der Waals surface area contributed by atoms with E-state index in [0.29, 0.717) is 0 Å². The molecule has 0 aliphatic carbocycles. The first-order valence-electron chi connectivity index (χ1n) is 8.54. The van der Waals surface area contributed by atoms with Gasteiger partial charge in [0, 0.05) is 40.5 Å². The minimum absolute atomic E-state index is 0.0166. The van der Waals surface area contributed by atoms with Crippen LogP contribution in [0.4, 0.5) is 5.82 Å². The molecule has 0 spiro atoms. The third kappa shape index (κ3) is 3.71. The van der Waals surface area contributed by atoms with Gasteiger partial charge in [-0.25, -0.2) is 4.98 Å². The van der Waals surface area contributed by atoms with Gasteiger partial charge in [-0.2, -0.15) is 0 Å². The van der Waals surface area contributed by atoms with Crippen molar-refractivity contribution in [3.05, 3.63) is 66.1 Å². The molecule has 0 amide bonds. The topological polar surface area (TPSA) is 37.8 Å². The summed E-state index contributed by atoms with van der Waals surface area (Å²) in [7, 11) is 0. The van der Waals surface area contributed by atoms with E-state index in [2.05, 4.69) is 80.7 Å². The molecule has 1 aromatic carbocycles. The molecule has 3 heteroatoms. The first kappa shape index (κ1) is 17.2. The molecule has 2 heterocycles. The lowest BCUT2D eigenvalue weighted by Gasteiger charge is -2.22. The van der Waals surface area contributed by atoms with Crippen LogP contribution in [0.2, 0.25) is 0 Å². The summed E-state index contributed by atoms with van der Waals surface area (Å²) >= 11 is 0. The summed E-state index contributed by atoms with van der Waals surface area (Å²) < 4.78 is 0. The van der Waals surface area contributed by atoms with E-state index in [1.165, 1.54) is 16.7 Å². The number of fused-ring (bicyclic) bond motifs is 1. The highest BCUT2D eigenvalue weighted by Crippen LogP contribution is 2.27. The van der Waals surface area contributed by atoms with E-state index in [-0.39, 0.29) is 5.41 Å². The summed E-state index contributed by atoms with van der Waals surface area (Å²) in [6.45, 7) is 14.7. The predicted molar refractivity (Wildman–Crippen MR) is 107 cm³/mol. The first-order chi connectivity index (χ1) is 11.7. The Labute approximate surface area is 149 Å². The normalized spacial score (nSPS) is 11.6. The average Bonchev–Trinajstić information content (AvgIpc) is 2.56. The van der Waals surface area contributed by atoms with Crippen molar-refractivity contribution in [2.45, 2.75) is 34.6 Å². The Bertz CT molecular complexity index is 949. The molecule has 3 rings (SSSR count). The Balaban J connectivity index is 1.93. The molecular formula is C22H25N3. The summed E-state index contributed by atoms with van der Waals surface area (Å²) in [5.74, 6) is 0.777. The maximum absolute atomic E-state index is 4.63. The van der Waals surface area contributed by atoms with Gasteiger partial charge in [0.15, 0.2) is 0 Å². The standard InChI is InChI=1S/C22H25N3/c1-14-7-8-17(9-15(14)2)18-10-19-13-24-21(11-20(19)23-12-18)25-16(3)22(4,5)6/h7-13H,3H2,1-2,4-6H3,(H,24,25). The molecule has 1 N–H and O–H groups in total. The number of hydrogen-bond acceptors (Lipinski definition) is 3. The van der Waals surface area contributed by atoms with E-state index in [0.717, 1.165) is 28.0 Å². The monoisotopic (exact) mass is 331 g/mol. The fraction of sp³-hybridized carbons (Fsp3) is 0.273. The number of anilines is 1. The number of rotatable bonds is 3. The minimum Gasteiger partial charge on any atom is -0.344 e. The molecule has 0 saturated heterocycles. The number of nitrogens with zero attached hydrogens (tertiary/aromatic N) is 2. The Morgan fingerprint density at radius 2 is 1.68 bits per heavy atom. The number of aryl methyl sites for hydroxylation is 2. The van der Waals surface area contributed by atoms with Crippen LogP contribution in [0, 0.1) is 19.3 Å². The quantitative estimate of drug-likeness (QED) is 0.650. The molecule has 0 bridgehead atoms. The van der Waals surface area contributed by atoms with Gasteiger partial charge in [-0.05, 0) is 36.6 Å². The number of benzene rings is 1. The van der Waals surface area contributed by atoms with E-state index in [9.17, 15) is 0 Å². The van der Waals surface area contributed by atoms with Crippen LogP contribution in [-0.4, -0.2) is 9.97 Å². The maximum Gasteiger partial charge on any atom is 0.132 e. The van der Waals surface area contributed by atoms with Crippen LogP contribution >= 0.6 is 0 Å². The lowest BCUT2D eigenvalue weighted by atomic mass is 9.93. The zero-order chi connectivity index (χ0) is 18.2. The molecule has 2 aromatic heterocycles. The lowest BCUT2D eigenvalue weighted by molar-refractivity contribution is 0.509. The number of allylic oxidation sites excluding steroid dienone is 1. The highest BCUT2D eigenvalue weighted by atomic mass is 15.0. The van der Waals surface area contributed by atoms with Crippen molar-refractivity contribution < 1.29 is 0 Å². The van der Waals surface area contributed by atoms with Crippen molar-refractivity contribution in [1.29, 1.82) is 0 Å². The van der Waals surface area contributed by atoms with Crippen molar-refractivity contribution in [1.82, 2.24) is 9.97 Å². The van der Waals surface area contributed by atoms with Gasteiger partial charge < -0.3 is 5.32 Å². The number of pyridine rings is 2. The Morgan fingerprint density at radius 1 is 0.920 bits per heavy atom. The Morgan fingerprint density at radius 3 is 2.36 bits per heavy atom. The second kappa shape index (κ2) is 6.32. The molecule has 3 nitrogen and oxygen atoms in total. The van der Waals surface area contributed by atoms with Gasteiger partial charge in [0.1, 0.15) is 5.82 Å². The third-order valence-electron chi connectivity index (χ3n) is 4.59. The largest absolute Gasteiger partial charge is 0.344 e. The fourth-order valence-corrected chi connectivity index (χ4v) is 2.51. The van der Waals surface area contributed by atoms with Gasteiger partial charge in [-0.3, -0.25) is 4.98 Å². The van der Waals surface area contributed by atoms with Crippen LogP contribution in [0.5, 0.6) is 0 Å². The summed E-state index contributed by atoms with van der Waals surface area (Å²) in [4.78, 5) is 9.14. The second-order valence-corrected chi connectivity index (χ2v) is 7.64. The highest BCUT2D eigenvalue weighted by molar-refractivity contribution is 5.84. The number of nitrogens with one attached hydrogen (secondary N) is 1. The van der Waals surface area contributed by atoms with Crippen LogP contribution in [0.15, 0.2) is 55.0 Å². The first-order valence-corrected chi connectivity index (χ1v) is 8.54. The van der Waals surface area contributed by atoms with Crippen molar-refractivity contribution in [2.24, 2.45) is 5.41 Å². The molecule has 0 atom stereocenters. The third-order valence-corrected chi connectivity index (χ3v) is 4.59. The molecule has 0 saturated carbocycles. The maximum atomic E-state index is 4.63. The molecule has 25 heavy (non-hydrogen) atoms. The van der Waals surface area contributed by atoms with Crippen LogP contribution in [0.1, 0.15) is 31.9 Å². The second-order valence-electron chi connectivity index (χ2n) is 7.64. The van der Waals surface area contributed by atoms with E-state index in [4.69, 9.17) is 0 Å². The predicted octanol–water partition coefficient (Wildman–Crippen LogP) is 5.89. The van der Waals surface area contributed by atoms with Gasteiger partial charge in [0.25, 0.3) is 0 Å². The molecule has 0 radical (unpaired) electrons. The zero-order valence-electron chi connectivity index (χ0n) is 15.6. The van der Waals surface area contributed by atoms with Crippen LogP contribution < -0.4 is 5.32 Å². The van der Waals surface area contributed by atoms with Crippen LogP contribution in [0.25, 0.3) is 22.0 Å². The van der Waals surface area contributed by atoms with Gasteiger partial charge in [-0.1, -0.05) is 45.5 Å².